The summed E-state index contributed by atoms with van der Waals surface area (Å²) < 4.78 is 4.58. The van der Waals surface area contributed by atoms with E-state index in [4.69, 9.17) is 0 Å². The van der Waals surface area contributed by atoms with Crippen LogP contribution in [0.5, 0.6) is 0 Å². The first kappa shape index (κ1) is 16.9. The second-order valence-electron chi connectivity index (χ2n) is 5.86. The Balaban J connectivity index is 2.26. The molecule has 0 radical (unpaired) electrons. The first-order chi connectivity index (χ1) is 10.9. The van der Waals surface area contributed by atoms with Crippen LogP contribution in [0.25, 0.3) is 0 Å². The summed E-state index contributed by atoms with van der Waals surface area (Å²) in [6.07, 6.45) is 4.15. The van der Waals surface area contributed by atoms with Gasteiger partial charge in [-0.1, -0.05) is 19.8 Å². The first-order valence-electron chi connectivity index (χ1n) is 7.61. The smallest absolute Gasteiger partial charge is 0.338 e. The van der Waals surface area contributed by atoms with Gasteiger partial charge in [-0.3, -0.25) is 14.9 Å². The Morgan fingerprint density at radius 3 is 2.48 bits per heavy atom. The van der Waals surface area contributed by atoms with Crippen molar-refractivity contribution in [2.45, 2.75) is 38.6 Å². The van der Waals surface area contributed by atoms with Crippen LogP contribution in [0.3, 0.4) is 0 Å². The highest BCUT2D eigenvalue weighted by Crippen LogP contribution is 2.24. The highest BCUT2D eigenvalue weighted by atomic mass is 16.6. The maximum Gasteiger partial charge on any atom is 0.338 e. The van der Waals surface area contributed by atoms with Gasteiger partial charge in [-0.15, -0.1) is 0 Å². The van der Waals surface area contributed by atoms with Gasteiger partial charge in [0.05, 0.1) is 17.6 Å². The molecular weight excluding hydrogens is 300 g/mol. The number of hydrogen-bond donors (Lipinski definition) is 1. The lowest BCUT2D eigenvalue weighted by Gasteiger charge is -2.29. The molecule has 1 aliphatic carbocycles. The van der Waals surface area contributed by atoms with E-state index >= 15 is 0 Å². The molecule has 1 aliphatic rings. The number of ether oxygens (including phenoxy) is 1. The zero-order chi connectivity index (χ0) is 17.0. The van der Waals surface area contributed by atoms with E-state index < -0.39 is 16.8 Å². The Hall–Kier alpha value is -2.44. The Bertz CT molecular complexity index is 629. The van der Waals surface area contributed by atoms with Gasteiger partial charge in [-0.2, -0.15) is 0 Å². The third-order valence-electron chi connectivity index (χ3n) is 4.24. The van der Waals surface area contributed by atoms with E-state index in [1.54, 1.807) is 0 Å². The Kier molecular flexibility index (Phi) is 5.31. The van der Waals surface area contributed by atoms with Crippen molar-refractivity contribution in [1.29, 1.82) is 0 Å². The molecule has 1 aromatic rings. The monoisotopic (exact) mass is 320 g/mol. The number of nitrogens with zero attached hydrogens (tertiary/aromatic N) is 1. The van der Waals surface area contributed by atoms with Gasteiger partial charge in [0.2, 0.25) is 0 Å². The van der Waals surface area contributed by atoms with Crippen molar-refractivity contribution in [3.63, 3.8) is 0 Å². The van der Waals surface area contributed by atoms with E-state index in [-0.39, 0.29) is 22.9 Å². The lowest BCUT2D eigenvalue weighted by molar-refractivity contribution is -0.384. The van der Waals surface area contributed by atoms with Crippen molar-refractivity contribution in [3.05, 3.63) is 39.4 Å². The molecule has 0 aliphatic heterocycles. The Labute approximate surface area is 134 Å². The molecule has 1 amide bonds. The summed E-state index contributed by atoms with van der Waals surface area (Å²) in [5, 5.41) is 13.9. The van der Waals surface area contributed by atoms with Crippen molar-refractivity contribution < 1.29 is 19.2 Å². The number of non-ortho nitro benzene ring substituents is 1. The Morgan fingerprint density at radius 2 is 1.87 bits per heavy atom. The van der Waals surface area contributed by atoms with Crippen molar-refractivity contribution >= 4 is 17.6 Å². The number of carbonyl (C=O) groups excluding carboxylic acids is 2. The van der Waals surface area contributed by atoms with Crippen LogP contribution < -0.4 is 5.32 Å². The maximum absolute atomic E-state index is 12.4. The van der Waals surface area contributed by atoms with Gasteiger partial charge >= 0.3 is 5.97 Å². The molecule has 124 valence electrons. The minimum absolute atomic E-state index is 0.0106. The summed E-state index contributed by atoms with van der Waals surface area (Å²) in [7, 11) is 1.19. The molecule has 1 aromatic carbocycles. The van der Waals surface area contributed by atoms with Crippen molar-refractivity contribution in [2.75, 3.05) is 7.11 Å². The molecule has 2 atom stereocenters. The first-order valence-corrected chi connectivity index (χ1v) is 7.61. The number of esters is 1. The molecule has 1 fully saturated rings. The summed E-state index contributed by atoms with van der Waals surface area (Å²) >= 11 is 0. The molecule has 0 aromatic heterocycles. The van der Waals surface area contributed by atoms with Crippen molar-refractivity contribution in [2.24, 2.45) is 5.92 Å². The molecule has 0 bridgehead atoms. The molecule has 1 N–H and O–H groups in total. The van der Waals surface area contributed by atoms with Crippen LogP contribution in [0, 0.1) is 16.0 Å². The number of rotatable bonds is 4. The minimum atomic E-state index is -0.714. The predicted molar refractivity (Wildman–Crippen MR) is 83.3 cm³/mol. The highest BCUT2D eigenvalue weighted by Gasteiger charge is 2.25. The zero-order valence-electron chi connectivity index (χ0n) is 13.2. The van der Waals surface area contributed by atoms with E-state index in [0.29, 0.717) is 5.92 Å². The van der Waals surface area contributed by atoms with Crippen LogP contribution in [0.2, 0.25) is 0 Å². The minimum Gasteiger partial charge on any atom is -0.465 e. The number of benzene rings is 1. The van der Waals surface area contributed by atoms with Crippen LogP contribution >= 0.6 is 0 Å². The summed E-state index contributed by atoms with van der Waals surface area (Å²) in [5.74, 6) is -0.752. The summed E-state index contributed by atoms with van der Waals surface area (Å²) in [6.45, 7) is 2.08. The second-order valence-corrected chi connectivity index (χ2v) is 5.86. The summed E-state index contributed by atoms with van der Waals surface area (Å²) in [6, 6.07) is 3.65. The normalized spacial score (nSPS) is 20.6. The second kappa shape index (κ2) is 7.21. The van der Waals surface area contributed by atoms with Crippen LogP contribution in [0.1, 0.15) is 53.3 Å². The number of nitro benzene ring substituents is 1. The van der Waals surface area contributed by atoms with Crippen molar-refractivity contribution in [1.82, 2.24) is 5.32 Å². The number of amides is 1. The fourth-order valence-corrected chi connectivity index (χ4v) is 2.87. The lowest BCUT2D eigenvalue weighted by atomic mass is 9.86. The zero-order valence-corrected chi connectivity index (χ0v) is 13.2. The third-order valence-corrected chi connectivity index (χ3v) is 4.24. The maximum atomic E-state index is 12.4. The molecule has 0 heterocycles. The molecule has 0 spiro atoms. The van der Waals surface area contributed by atoms with Gasteiger partial charge in [0.15, 0.2) is 0 Å². The lowest BCUT2D eigenvalue weighted by Crippen LogP contribution is -2.41. The molecule has 1 saturated carbocycles. The molecule has 23 heavy (non-hydrogen) atoms. The average Bonchev–Trinajstić information content (AvgIpc) is 2.55. The molecule has 7 heteroatoms. The van der Waals surface area contributed by atoms with E-state index in [0.717, 1.165) is 31.7 Å². The van der Waals surface area contributed by atoms with Crippen LogP contribution in [-0.2, 0) is 4.74 Å². The van der Waals surface area contributed by atoms with Crippen LogP contribution in [0.4, 0.5) is 5.69 Å². The van der Waals surface area contributed by atoms with Gasteiger partial charge in [0.1, 0.15) is 0 Å². The molecular formula is C16H20N2O5. The number of carbonyl (C=O) groups is 2. The molecule has 7 nitrogen and oxygen atoms in total. The average molecular weight is 320 g/mol. The van der Waals surface area contributed by atoms with Crippen LogP contribution in [-0.4, -0.2) is 30.0 Å². The summed E-state index contributed by atoms with van der Waals surface area (Å²) in [5.41, 5.74) is -0.226. The number of nitro groups is 1. The topological polar surface area (TPSA) is 98.5 Å². The van der Waals surface area contributed by atoms with Gasteiger partial charge in [0.25, 0.3) is 11.6 Å². The summed E-state index contributed by atoms with van der Waals surface area (Å²) in [4.78, 5) is 34.4. The quantitative estimate of drug-likeness (QED) is 0.522. The van der Waals surface area contributed by atoms with E-state index in [2.05, 4.69) is 17.0 Å². The number of hydrogen-bond acceptors (Lipinski definition) is 5. The van der Waals surface area contributed by atoms with E-state index in [1.165, 1.54) is 19.2 Å². The Morgan fingerprint density at radius 1 is 1.22 bits per heavy atom. The number of nitrogens with one attached hydrogen (secondary N) is 1. The van der Waals surface area contributed by atoms with Crippen molar-refractivity contribution in [3.8, 4) is 0 Å². The van der Waals surface area contributed by atoms with Gasteiger partial charge < -0.3 is 10.1 Å². The van der Waals surface area contributed by atoms with Gasteiger partial charge in [0, 0.05) is 23.7 Å². The molecule has 2 rings (SSSR count). The predicted octanol–water partition coefficient (Wildman–Crippen LogP) is 2.69. The standard InChI is InChI=1S/C16H20N2O5/c1-10-5-3-4-6-14(10)17-15(19)11-7-12(16(20)23-2)9-13(8-11)18(21)22/h7-10,14H,3-6H2,1-2H3,(H,17,19). The van der Waals surface area contributed by atoms with E-state index in [9.17, 15) is 19.7 Å². The highest BCUT2D eigenvalue weighted by molar-refractivity contribution is 5.99. The molecule has 2 unspecified atom stereocenters. The van der Waals surface area contributed by atoms with E-state index in [1.807, 2.05) is 0 Å². The fraction of sp³-hybridized carbons (Fsp3) is 0.500. The third kappa shape index (κ3) is 4.06. The van der Waals surface area contributed by atoms with Gasteiger partial charge in [-0.05, 0) is 24.8 Å². The largest absolute Gasteiger partial charge is 0.465 e. The molecule has 0 saturated heterocycles. The van der Waals surface area contributed by atoms with Crippen LogP contribution in [0.15, 0.2) is 18.2 Å². The SMILES string of the molecule is COC(=O)c1cc(C(=O)NC2CCCCC2C)cc([N+](=O)[O-])c1. The number of methoxy groups -OCH3 is 1. The van der Waals surface area contributed by atoms with Gasteiger partial charge in [-0.25, -0.2) is 4.79 Å². The fourth-order valence-electron chi connectivity index (χ4n) is 2.87.